The topological polar surface area (TPSA) is 129 Å². The largest absolute Gasteiger partial charge is 0.394 e. The molecule has 0 amide bonds. The smallest absolute Gasteiger partial charge is 0.279 e. The average molecular weight is 228 g/mol. The number of hydrogen-bond donors (Lipinski definition) is 5. The molecule has 0 aromatic carbocycles. The minimum Gasteiger partial charge on any atom is -0.394 e. The molecule has 6 N–H and O–H groups in total. The highest BCUT2D eigenvalue weighted by molar-refractivity contribution is 5.68. The molecule has 16 heavy (non-hydrogen) atoms. The van der Waals surface area contributed by atoms with E-state index in [1.54, 1.807) is 0 Å². The van der Waals surface area contributed by atoms with Crippen molar-refractivity contribution in [2.45, 2.75) is 0 Å². The van der Waals surface area contributed by atoms with E-state index in [0.717, 1.165) is 0 Å². The minimum atomic E-state index is -0.361. The van der Waals surface area contributed by atoms with Gasteiger partial charge in [-0.3, -0.25) is 15.2 Å². The Balaban J connectivity index is 2.16. The second-order valence-corrected chi connectivity index (χ2v) is 3.08. The number of fused-ring (bicyclic) bond motifs is 1. The van der Waals surface area contributed by atoms with Crippen molar-refractivity contribution in [2.75, 3.05) is 36.1 Å². The van der Waals surface area contributed by atoms with E-state index < -0.39 is 0 Å². The van der Waals surface area contributed by atoms with Crippen LogP contribution in [0.15, 0.2) is 4.79 Å². The molecule has 0 aliphatic carbocycles. The van der Waals surface area contributed by atoms with Crippen LogP contribution < -0.4 is 27.3 Å². The van der Waals surface area contributed by atoms with E-state index in [1.807, 2.05) is 0 Å². The molecule has 0 atom stereocenters. The Morgan fingerprint density at radius 3 is 3.12 bits per heavy atom. The van der Waals surface area contributed by atoms with Gasteiger partial charge in [0.25, 0.3) is 5.56 Å². The van der Waals surface area contributed by atoms with Crippen molar-refractivity contribution < 1.29 is 9.84 Å². The number of ether oxygens (including phenoxy) is 1. The summed E-state index contributed by atoms with van der Waals surface area (Å²) in [5.41, 5.74) is 10.7. The van der Waals surface area contributed by atoms with Gasteiger partial charge >= 0.3 is 0 Å². The van der Waals surface area contributed by atoms with E-state index in [0.29, 0.717) is 5.82 Å². The second kappa shape index (κ2) is 4.35. The lowest BCUT2D eigenvalue weighted by Crippen LogP contribution is -2.38. The fourth-order valence-corrected chi connectivity index (χ4v) is 1.28. The van der Waals surface area contributed by atoms with Crippen LogP contribution >= 0.6 is 0 Å². The van der Waals surface area contributed by atoms with Crippen molar-refractivity contribution in [3.63, 3.8) is 0 Å². The molecule has 88 valence electrons. The van der Waals surface area contributed by atoms with Crippen LogP contribution in [0.4, 0.5) is 17.5 Å². The van der Waals surface area contributed by atoms with Crippen LogP contribution in [0, 0.1) is 0 Å². The van der Waals surface area contributed by atoms with Gasteiger partial charge < -0.3 is 15.6 Å². The Morgan fingerprint density at radius 1 is 1.56 bits per heavy atom. The number of hydrogen-bond acceptors (Lipinski definition) is 8. The van der Waals surface area contributed by atoms with Gasteiger partial charge in [-0.05, 0) is 0 Å². The van der Waals surface area contributed by atoms with Crippen molar-refractivity contribution in [3.05, 3.63) is 10.4 Å². The van der Waals surface area contributed by atoms with Gasteiger partial charge in [0.15, 0.2) is 11.5 Å². The lowest BCUT2D eigenvalue weighted by Gasteiger charge is -2.16. The number of anilines is 3. The van der Waals surface area contributed by atoms with Crippen molar-refractivity contribution in [1.82, 2.24) is 15.5 Å². The van der Waals surface area contributed by atoms with Crippen LogP contribution in [0.25, 0.3) is 0 Å². The molecule has 1 aliphatic heterocycles. The SMILES string of the molecule is Nc1nc2c(c(=O)[nH]1)NNN2COCCO. The van der Waals surface area contributed by atoms with Crippen molar-refractivity contribution in [1.29, 1.82) is 0 Å². The standard InChI is InChI=1S/C7H12N6O3/c8-7-9-5-4(6(15)10-7)11-12-13(5)3-16-2-1-14/h11-12,14H,1-3H2,(H3,8,9,10,15). The molecule has 0 bridgehead atoms. The number of H-pyrrole nitrogens is 1. The van der Waals surface area contributed by atoms with Crippen LogP contribution in [0.1, 0.15) is 0 Å². The van der Waals surface area contributed by atoms with Crippen LogP contribution in [0.3, 0.4) is 0 Å². The predicted molar refractivity (Wildman–Crippen MR) is 56.4 cm³/mol. The first-order valence-electron chi connectivity index (χ1n) is 4.60. The number of nitrogens with one attached hydrogen (secondary N) is 3. The Hall–Kier alpha value is -1.84. The first kappa shape index (κ1) is 10.7. The Labute approximate surface area is 90.2 Å². The highest BCUT2D eigenvalue weighted by atomic mass is 16.5. The number of nitrogens with two attached hydrogens (primary N) is 1. The van der Waals surface area contributed by atoms with E-state index >= 15 is 0 Å². The average Bonchev–Trinajstić information content (AvgIpc) is 2.62. The Morgan fingerprint density at radius 2 is 2.38 bits per heavy atom. The van der Waals surface area contributed by atoms with Crippen LogP contribution in [-0.4, -0.2) is 35.0 Å². The number of nitrogen functional groups attached to an aromatic ring is 1. The molecule has 2 heterocycles. The molecule has 1 aliphatic rings. The molecule has 0 saturated carbocycles. The number of aliphatic hydroxyl groups excluding tert-OH is 1. The summed E-state index contributed by atoms with van der Waals surface area (Å²) < 4.78 is 5.08. The third kappa shape index (κ3) is 1.91. The van der Waals surface area contributed by atoms with Gasteiger partial charge in [-0.1, -0.05) is 0 Å². The second-order valence-electron chi connectivity index (χ2n) is 3.08. The van der Waals surface area contributed by atoms with E-state index in [4.69, 9.17) is 15.6 Å². The first-order valence-corrected chi connectivity index (χ1v) is 4.60. The fraction of sp³-hybridized carbons (Fsp3) is 0.429. The lowest BCUT2D eigenvalue weighted by molar-refractivity contribution is 0.0894. The Bertz CT molecular complexity index is 433. The number of aromatic nitrogens is 2. The number of nitrogens with zero attached hydrogens (tertiary/aromatic N) is 2. The fourth-order valence-electron chi connectivity index (χ4n) is 1.28. The molecule has 9 heteroatoms. The lowest BCUT2D eigenvalue weighted by atomic mass is 10.5. The quantitative estimate of drug-likeness (QED) is 0.373. The molecule has 2 rings (SSSR count). The monoisotopic (exact) mass is 228 g/mol. The molecule has 0 unspecified atom stereocenters. The summed E-state index contributed by atoms with van der Waals surface area (Å²) in [4.78, 5) is 17.7. The zero-order valence-corrected chi connectivity index (χ0v) is 8.36. The maximum atomic E-state index is 11.4. The summed E-state index contributed by atoms with van der Waals surface area (Å²) in [7, 11) is 0. The summed E-state index contributed by atoms with van der Waals surface area (Å²) >= 11 is 0. The maximum absolute atomic E-state index is 11.4. The molecular weight excluding hydrogens is 216 g/mol. The van der Waals surface area contributed by atoms with Crippen molar-refractivity contribution in [3.8, 4) is 0 Å². The highest BCUT2D eigenvalue weighted by Gasteiger charge is 2.23. The summed E-state index contributed by atoms with van der Waals surface area (Å²) in [6.07, 6.45) is 0. The molecule has 1 aromatic rings. The zero-order valence-electron chi connectivity index (χ0n) is 8.36. The zero-order chi connectivity index (χ0) is 11.5. The molecular formula is C7H12N6O3. The van der Waals surface area contributed by atoms with E-state index in [2.05, 4.69) is 20.9 Å². The summed E-state index contributed by atoms with van der Waals surface area (Å²) in [5.74, 6) is 0.389. The summed E-state index contributed by atoms with van der Waals surface area (Å²) in [6.45, 7) is 0.266. The van der Waals surface area contributed by atoms with Gasteiger partial charge in [0.05, 0.1) is 13.2 Å². The summed E-state index contributed by atoms with van der Waals surface area (Å²) in [6, 6.07) is 0. The molecule has 9 nitrogen and oxygen atoms in total. The van der Waals surface area contributed by atoms with Gasteiger partial charge in [-0.2, -0.15) is 4.98 Å². The van der Waals surface area contributed by atoms with Crippen LogP contribution in [0.2, 0.25) is 0 Å². The first-order chi connectivity index (χ1) is 7.72. The molecule has 1 aromatic heterocycles. The summed E-state index contributed by atoms with van der Waals surface area (Å²) in [5, 5.41) is 10.0. The molecule has 0 fully saturated rings. The molecule has 0 radical (unpaired) electrons. The van der Waals surface area contributed by atoms with Crippen LogP contribution in [0.5, 0.6) is 0 Å². The van der Waals surface area contributed by atoms with Crippen molar-refractivity contribution in [2.24, 2.45) is 0 Å². The van der Waals surface area contributed by atoms with Gasteiger partial charge in [-0.25, -0.2) is 5.01 Å². The molecule has 0 spiro atoms. The number of hydrazine groups is 2. The van der Waals surface area contributed by atoms with Gasteiger partial charge in [0.1, 0.15) is 6.73 Å². The number of aliphatic hydroxyl groups is 1. The Kier molecular flexibility index (Phi) is 2.90. The third-order valence-electron chi connectivity index (χ3n) is 1.95. The predicted octanol–water partition coefficient (Wildman–Crippen LogP) is -2.03. The van der Waals surface area contributed by atoms with Gasteiger partial charge in [0.2, 0.25) is 5.95 Å². The third-order valence-corrected chi connectivity index (χ3v) is 1.95. The maximum Gasteiger partial charge on any atom is 0.279 e. The highest BCUT2D eigenvalue weighted by Crippen LogP contribution is 2.21. The van der Waals surface area contributed by atoms with Crippen LogP contribution in [-0.2, 0) is 4.74 Å². The molecule has 0 saturated heterocycles. The van der Waals surface area contributed by atoms with Gasteiger partial charge in [-0.15, -0.1) is 5.53 Å². The van der Waals surface area contributed by atoms with Crippen molar-refractivity contribution >= 4 is 17.5 Å². The number of aromatic amines is 1. The van der Waals surface area contributed by atoms with E-state index in [-0.39, 0.29) is 37.1 Å². The normalized spacial score (nSPS) is 13.7. The number of rotatable bonds is 4. The van der Waals surface area contributed by atoms with E-state index in [1.165, 1.54) is 5.01 Å². The van der Waals surface area contributed by atoms with E-state index in [9.17, 15) is 4.79 Å². The van der Waals surface area contributed by atoms with Gasteiger partial charge in [0, 0.05) is 0 Å². The minimum absolute atomic E-state index is 0.0291.